The minimum absolute atomic E-state index is 0.281. The highest BCUT2D eigenvalue weighted by Gasteiger charge is 2.43. The van der Waals surface area contributed by atoms with Crippen LogP contribution in [0.15, 0.2) is 24.3 Å². The van der Waals surface area contributed by atoms with E-state index in [0.717, 1.165) is 12.8 Å². The molecular weight excluding hydrogens is 332 g/mol. The molecule has 0 aromatic heterocycles. The Morgan fingerprint density at radius 3 is 2.67 bits per heavy atom. The molecule has 1 aromatic rings. The summed E-state index contributed by atoms with van der Waals surface area (Å²) in [5.74, 6) is -2.45. The Balaban J connectivity index is 1.77. The average Bonchev–Trinajstić information content (AvgIpc) is 2.95. The number of benzene rings is 1. The van der Waals surface area contributed by atoms with Crippen molar-refractivity contribution in [3.8, 4) is 0 Å². The topological polar surface area (TPSA) is 77.9 Å². The van der Waals surface area contributed by atoms with Gasteiger partial charge in [0, 0.05) is 23.8 Å². The Bertz CT molecular complexity index is 678. The molecule has 0 bridgehead atoms. The molecule has 1 aromatic carbocycles. The van der Waals surface area contributed by atoms with Crippen molar-refractivity contribution in [2.24, 2.45) is 5.92 Å². The van der Waals surface area contributed by atoms with Crippen molar-refractivity contribution in [2.45, 2.75) is 31.7 Å². The van der Waals surface area contributed by atoms with Gasteiger partial charge in [0.25, 0.3) is 0 Å². The Labute approximate surface area is 145 Å². The van der Waals surface area contributed by atoms with Gasteiger partial charge in [-0.2, -0.15) is 0 Å². The van der Waals surface area contributed by atoms with Gasteiger partial charge >= 0.3 is 5.97 Å². The Morgan fingerprint density at radius 1 is 1.17 bits per heavy atom. The van der Waals surface area contributed by atoms with Crippen LogP contribution in [-0.2, 0) is 14.4 Å². The number of carboxylic acids is 1. The number of aliphatic carboxylic acids is 1. The Hall–Kier alpha value is -2.08. The van der Waals surface area contributed by atoms with Gasteiger partial charge in [-0.05, 0) is 43.9 Å². The largest absolute Gasteiger partial charge is 0.480 e. The maximum atomic E-state index is 12.8. The number of carbonyl (C=O) groups excluding carboxylic acids is 2. The fourth-order valence-electron chi connectivity index (χ4n) is 3.46. The maximum absolute atomic E-state index is 12.8. The zero-order chi connectivity index (χ0) is 17.3. The van der Waals surface area contributed by atoms with Crippen LogP contribution in [0.5, 0.6) is 0 Å². The normalized spacial score (nSPS) is 24.3. The van der Waals surface area contributed by atoms with Crippen LogP contribution in [0.3, 0.4) is 0 Å². The van der Waals surface area contributed by atoms with Gasteiger partial charge in [0.05, 0.1) is 0 Å². The number of hydrogen-bond acceptors (Lipinski definition) is 3. The lowest BCUT2D eigenvalue weighted by atomic mass is 9.98. The number of hydrogen-bond donors (Lipinski definition) is 1. The van der Waals surface area contributed by atoms with Gasteiger partial charge in [-0.15, -0.1) is 0 Å². The fraction of sp³-hybridized carbons (Fsp3) is 0.471. The third-order valence-corrected chi connectivity index (χ3v) is 4.93. The summed E-state index contributed by atoms with van der Waals surface area (Å²) >= 11 is 5.97. The van der Waals surface area contributed by atoms with Crippen LogP contribution < -0.4 is 4.90 Å². The quantitative estimate of drug-likeness (QED) is 0.847. The van der Waals surface area contributed by atoms with E-state index < -0.39 is 17.9 Å². The van der Waals surface area contributed by atoms with E-state index in [-0.39, 0.29) is 11.8 Å². The van der Waals surface area contributed by atoms with Gasteiger partial charge in [0.15, 0.2) is 0 Å². The second-order valence-electron chi connectivity index (χ2n) is 6.19. The van der Waals surface area contributed by atoms with Crippen molar-refractivity contribution in [3.05, 3.63) is 29.3 Å². The highest BCUT2D eigenvalue weighted by Crippen LogP contribution is 2.30. The predicted molar refractivity (Wildman–Crippen MR) is 88.9 cm³/mol. The van der Waals surface area contributed by atoms with Gasteiger partial charge < -0.3 is 14.9 Å². The van der Waals surface area contributed by atoms with E-state index in [1.807, 2.05) is 0 Å². The first-order valence-corrected chi connectivity index (χ1v) is 8.47. The molecule has 2 unspecified atom stereocenters. The summed E-state index contributed by atoms with van der Waals surface area (Å²) < 4.78 is 0. The summed E-state index contributed by atoms with van der Waals surface area (Å²) in [6.45, 7) is 0.831. The number of piperidine rings is 1. The Morgan fingerprint density at radius 2 is 1.96 bits per heavy atom. The van der Waals surface area contributed by atoms with Crippen LogP contribution in [0.1, 0.15) is 25.7 Å². The molecule has 2 amide bonds. The molecule has 0 radical (unpaired) electrons. The molecule has 0 aliphatic carbocycles. The van der Waals surface area contributed by atoms with Crippen LogP contribution in [-0.4, -0.2) is 46.9 Å². The summed E-state index contributed by atoms with van der Waals surface area (Å²) in [7, 11) is 0. The molecule has 24 heavy (non-hydrogen) atoms. The molecular formula is C17H19ClN2O4. The molecule has 2 saturated heterocycles. The van der Waals surface area contributed by atoms with Crippen LogP contribution in [0.4, 0.5) is 5.69 Å². The second-order valence-corrected chi connectivity index (χ2v) is 6.63. The standard InChI is InChI=1S/C17H19ClN2O4/c18-11-4-3-5-12(10-11)19-9-7-13(15(19)21)16(22)20-8-2-1-6-14(20)17(23)24/h3-5,10,13-14H,1-2,6-9H2,(H,23,24). The molecule has 2 aliphatic heterocycles. The molecule has 0 spiro atoms. The number of halogens is 1. The highest BCUT2D eigenvalue weighted by atomic mass is 35.5. The lowest BCUT2D eigenvalue weighted by molar-refractivity contribution is -0.155. The first-order chi connectivity index (χ1) is 11.5. The zero-order valence-corrected chi connectivity index (χ0v) is 13.9. The van der Waals surface area contributed by atoms with E-state index in [2.05, 4.69) is 0 Å². The number of nitrogens with zero attached hydrogens (tertiary/aromatic N) is 2. The molecule has 7 heteroatoms. The molecule has 128 valence electrons. The van der Waals surface area contributed by atoms with Crippen molar-refractivity contribution in [1.82, 2.24) is 4.90 Å². The highest BCUT2D eigenvalue weighted by molar-refractivity contribution is 6.31. The third kappa shape index (κ3) is 3.11. The van der Waals surface area contributed by atoms with Crippen molar-refractivity contribution in [2.75, 3.05) is 18.0 Å². The van der Waals surface area contributed by atoms with E-state index in [4.69, 9.17) is 11.6 Å². The minimum Gasteiger partial charge on any atom is -0.480 e. The smallest absolute Gasteiger partial charge is 0.326 e. The third-order valence-electron chi connectivity index (χ3n) is 4.69. The number of carboxylic acid groups (broad SMARTS) is 1. The van der Waals surface area contributed by atoms with Gasteiger partial charge in [-0.1, -0.05) is 17.7 Å². The summed E-state index contributed by atoms with van der Waals surface area (Å²) in [5.41, 5.74) is 0.663. The maximum Gasteiger partial charge on any atom is 0.326 e. The average molecular weight is 351 g/mol. The first kappa shape index (κ1) is 16.8. The van der Waals surface area contributed by atoms with Crippen LogP contribution >= 0.6 is 11.6 Å². The molecule has 1 N–H and O–H groups in total. The summed E-state index contributed by atoms with van der Waals surface area (Å²) in [5, 5.41) is 9.85. The van der Waals surface area contributed by atoms with Crippen molar-refractivity contribution in [3.63, 3.8) is 0 Å². The molecule has 3 rings (SSSR count). The predicted octanol–water partition coefficient (Wildman–Crippen LogP) is 2.16. The number of amides is 2. The molecule has 0 saturated carbocycles. The summed E-state index contributed by atoms with van der Waals surface area (Å²) in [6.07, 6.45) is 2.40. The molecule has 2 fully saturated rings. The SMILES string of the molecule is O=C(O)C1CCCCN1C(=O)C1CCN(c2cccc(Cl)c2)C1=O. The Kier molecular flexibility index (Phi) is 4.76. The molecule has 2 heterocycles. The lowest BCUT2D eigenvalue weighted by Gasteiger charge is -2.34. The van der Waals surface area contributed by atoms with Gasteiger partial charge in [-0.25, -0.2) is 4.79 Å². The molecule has 2 aliphatic rings. The van der Waals surface area contributed by atoms with E-state index in [1.165, 1.54) is 4.90 Å². The lowest BCUT2D eigenvalue weighted by Crippen LogP contribution is -2.51. The minimum atomic E-state index is -1.000. The van der Waals surface area contributed by atoms with E-state index in [0.29, 0.717) is 36.6 Å². The number of anilines is 1. The van der Waals surface area contributed by atoms with Crippen molar-refractivity contribution >= 4 is 35.1 Å². The second kappa shape index (κ2) is 6.81. The van der Waals surface area contributed by atoms with Crippen LogP contribution in [0.2, 0.25) is 5.02 Å². The fourth-order valence-corrected chi connectivity index (χ4v) is 3.65. The van der Waals surface area contributed by atoms with Crippen molar-refractivity contribution in [1.29, 1.82) is 0 Å². The van der Waals surface area contributed by atoms with Gasteiger partial charge in [0.1, 0.15) is 12.0 Å². The van der Waals surface area contributed by atoms with Crippen LogP contribution in [0.25, 0.3) is 0 Å². The van der Waals surface area contributed by atoms with Gasteiger partial charge in [0.2, 0.25) is 11.8 Å². The summed E-state index contributed by atoms with van der Waals surface area (Å²) in [4.78, 5) is 39.7. The number of rotatable bonds is 3. The summed E-state index contributed by atoms with van der Waals surface area (Å²) in [6, 6.07) is 6.12. The molecule has 6 nitrogen and oxygen atoms in total. The monoisotopic (exact) mass is 350 g/mol. The van der Waals surface area contributed by atoms with Crippen molar-refractivity contribution < 1.29 is 19.5 Å². The number of likely N-dealkylation sites (tertiary alicyclic amines) is 1. The molecule has 2 atom stereocenters. The zero-order valence-electron chi connectivity index (χ0n) is 13.2. The van der Waals surface area contributed by atoms with E-state index in [1.54, 1.807) is 29.2 Å². The first-order valence-electron chi connectivity index (χ1n) is 8.09. The van der Waals surface area contributed by atoms with Crippen LogP contribution in [0, 0.1) is 5.92 Å². The number of carbonyl (C=O) groups is 3. The van der Waals surface area contributed by atoms with E-state index in [9.17, 15) is 19.5 Å². The van der Waals surface area contributed by atoms with Gasteiger partial charge in [-0.3, -0.25) is 9.59 Å². The van der Waals surface area contributed by atoms with E-state index >= 15 is 0 Å².